The summed E-state index contributed by atoms with van der Waals surface area (Å²) >= 11 is 0. The minimum atomic E-state index is -0.0278. The van der Waals surface area contributed by atoms with E-state index in [9.17, 15) is 9.90 Å². The third-order valence-corrected chi connectivity index (χ3v) is 6.68. The first-order valence-corrected chi connectivity index (χ1v) is 12.8. The Labute approximate surface area is 215 Å². The quantitative estimate of drug-likeness (QED) is 0.459. The number of carbonyl (C=O) groups excluding carboxylic acids is 1. The van der Waals surface area contributed by atoms with Gasteiger partial charge in [-0.15, -0.1) is 0 Å². The summed E-state index contributed by atoms with van der Waals surface area (Å²) in [6.45, 7) is 4.69. The van der Waals surface area contributed by atoms with Crippen molar-refractivity contribution in [1.82, 2.24) is 19.9 Å². The number of H-pyrrole nitrogens is 1. The molecular formula is C26H33N7O4. The first-order valence-electron chi connectivity index (χ1n) is 12.8. The number of ether oxygens (including phenoxy) is 2. The van der Waals surface area contributed by atoms with E-state index in [-0.39, 0.29) is 11.8 Å². The standard InChI is InChI=1S/C26H33N7O4/c1-32-9-4-8-27-24-23-19(26(35)31-25(23)30-17-29-24)16-28-18-6-7-20(33-10-13-36-14-11-33)21(15-18)37-12-3-2-5-22(32)34/h6-7,15-17,35H,2-5,8-14H2,1H3,(H2,27,29,30,31). The van der Waals surface area contributed by atoms with Gasteiger partial charge in [0, 0.05) is 51.9 Å². The largest absolute Gasteiger partial charge is 0.494 e. The van der Waals surface area contributed by atoms with Gasteiger partial charge in [0.05, 0.1) is 42.1 Å². The molecule has 4 heterocycles. The van der Waals surface area contributed by atoms with Gasteiger partial charge >= 0.3 is 0 Å². The maximum Gasteiger partial charge on any atom is 0.222 e. The smallest absolute Gasteiger partial charge is 0.222 e. The Hall–Kier alpha value is -3.86. The summed E-state index contributed by atoms with van der Waals surface area (Å²) in [7, 11) is 1.84. The van der Waals surface area contributed by atoms with Crippen LogP contribution in [0.5, 0.6) is 11.6 Å². The van der Waals surface area contributed by atoms with Crippen molar-refractivity contribution in [2.45, 2.75) is 25.7 Å². The van der Waals surface area contributed by atoms with E-state index in [0.29, 0.717) is 67.4 Å². The van der Waals surface area contributed by atoms with E-state index in [1.807, 2.05) is 25.2 Å². The number of amides is 1. The first kappa shape index (κ1) is 24.8. The number of carbonyl (C=O) groups is 1. The van der Waals surface area contributed by atoms with Crippen LogP contribution in [0.4, 0.5) is 17.2 Å². The van der Waals surface area contributed by atoms with Gasteiger partial charge in [-0.05, 0) is 31.4 Å². The predicted octanol–water partition coefficient (Wildman–Crippen LogP) is 3.07. The monoisotopic (exact) mass is 507 g/mol. The van der Waals surface area contributed by atoms with Crippen LogP contribution in [-0.4, -0.2) is 90.1 Å². The highest BCUT2D eigenvalue weighted by Crippen LogP contribution is 2.34. The van der Waals surface area contributed by atoms with Gasteiger partial charge in [0.2, 0.25) is 5.91 Å². The zero-order chi connectivity index (χ0) is 25.6. The van der Waals surface area contributed by atoms with Gasteiger partial charge in [-0.25, -0.2) is 9.97 Å². The highest BCUT2D eigenvalue weighted by Gasteiger charge is 2.18. The Bertz CT molecular complexity index is 1270. The Kier molecular flexibility index (Phi) is 7.69. The third-order valence-electron chi connectivity index (χ3n) is 6.68. The third kappa shape index (κ3) is 5.77. The van der Waals surface area contributed by atoms with Crippen molar-refractivity contribution >= 4 is 40.3 Å². The van der Waals surface area contributed by atoms with Crippen molar-refractivity contribution in [3.63, 3.8) is 0 Å². The molecule has 1 saturated heterocycles. The summed E-state index contributed by atoms with van der Waals surface area (Å²) in [5, 5.41) is 14.6. The number of benzene rings is 1. The molecule has 1 fully saturated rings. The van der Waals surface area contributed by atoms with Gasteiger partial charge in [-0.2, -0.15) is 0 Å². The van der Waals surface area contributed by atoms with Gasteiger partial charge < -0.3 is 34.7 Å². The van der Waals surface area contributed by atoms with E-state index in [1.165, 1.54) is 6.33 Å². The Morgan fingerprint density at radius 3 is 2.78 bits per heavy atom. The fraction of sp³-hybridized carbons (Fsp3) is 0.462. The van der Waals surface area contributed by atoms with E-state index < -0.39 is 0 Å². The van der Waals surface area contributed by atoms with Gasteiger partial charge in [0.15, 0.2) is 5.88 Å². The summed E-state index contributed by atoms with van der Waals surface area (Å²) in [6, 6.07) is 5.86. The Balaban J connectivity index is 1.49. The molecule has 2 bridgehead atoms. The predicted molar refractivity (Wildman–Crippen MR) is 142 cm³/mol. The van der Waals surface area contributed by atoms with Crippen LogP contribution in [0.1, 0.15) is 31.2 Å². The molecule has 0 radical (unpaired) electrons. The van der Waals surface area contributed by atoms with Crippen LogP contribution in [0.3, 0.4) is 0 Å². The minimum Gasteiger partial charge on any atom is -0.494 e. The fourth-order valence-corrected chi connectivity index (χ4v) is 4.60. The summed E-state index contributed by atoms with van der Waals surface area (Å²) < 4.78 is 11.7. The number of hydrogen-bond acceptors (Lipinski definition) is 9. The summed E-state index contributed by atoms with van der Waals surface area (Å²) in [5.41, 5.74) is 2.71. The molecular weight excluding hydrogens is 474 g/mol. The number of anilines is 2. The van der Waals surface area contributed by atoms with E-state index in [1.54, 1.807) is 11.1 Å². The number of fused-ring (bicyclic) bond motifs is 2. The highest BCUT2D eigenvalue weighted by atomic mass is 16.5. The number of aromatic amines is 1. The van der Waals surface area contributed by atoms with Crippen molar-refractivity contribution in [2.75, 3.05) is 63.3 Å². The zero-order valence-electron chi connectivity index (χ0n) is 21.1. The lowest BCUT2D eigenvalue weighted by molar-refractivity contribution is -0.130. The summed E-state index contributed by atoms with van der Waals surface area (Å²) in [4.78, 5) is 32.8. The number of nitrogens with one attached hydrogen (secondary N) is 2. The lowest BCUT2D eigenvalue weighted by Crippen LogP contribution is -2.36. The molecule has 2 aliphatic rings. The summed E-state index contributed by atoms with van der Waals surface area (Å²) in [5.74, 6) is 1.44. The molecule has 0 saturated carbocycles. The van der Waals surface area contributed by atoms with Gasteiger partial charge in [-0.1, -0.05) is 0 Å². The van der Waals surface area contributed by atoms with Crippen LogP contribution in [0, 0.1) is 0 Å². The number of aliphatic imine (C=N–C) groups is 1. The molecule has 11 heteroatoms. The molecule has 3 N–H and O–H groups in total. The molecule has 11 nitrogen and oxygen atoms in total. The Morgan fingerprint density at radius 2 is 1.92 bits per heavy atom. The SMILES string of the molecule is CN1CCCNc2ncnc3[nH]c(O)c(c23)C=Nc2ccc(N3CCOCC3)c(c2)OCCCCC1=O. The average molecular weight is 508 g/mol. The van der Waals surface area contributed by atoms with Crippen LogP contribution in [0.2, 0.25) is 0 Å². The molecule has 0 aliphatic carbocycles. The fourth-order valence-electron chi connectivity index (χ4n) is 4.60. The van der Waals surface area contributed by atoms with E-state index >= 15 is 0 Å². The minimum absolute atomic E-state index is 0.0278. The van der Waals surface area contributed by atoms with Gasteiger partial charge in [-0.3, -0.25) is 9.79 Å². The molecule has 37 heavy (non-hydrogen) atoms. The van der Waals surface area contributed by atoms with Crippen LogP contribution in [0.15, 0.2) is 29.5 Å². The normalized spacial score (nSPS) is 18.0. The van der Waals surface area contributed by atoms with Crippen LogP contribution in [-0.2, 0) is 9.53 Å². The second-order valence-corrected chi connectivity index (χ2v) is 9.24. The van der Waals surface area contributed by atoms with Crippen LogP contribution < -0.4 is 15.0 Å². The molecule has 3 aromatic rings. The summed E-state index contributed by atoms with van der Waals surface area (Å²) in [6.07, 6.45) is 5.86. The Morgan fingerprint density at radius 1 is 1.05 bits per heavy atom. The number of nitrogens with zero attached hydrogens (tertiary/aromatic N) is 5. The second kappa shape index (κ2) is 11.5. The topological polar surface area (TPSA) is 128 Å². The molecule has 1 amide bonds. The molecule has 2 aliphatic heterocycles. The number of rotatable bonds is 1. The molecule has 0 spiro atoms. The number of aromatic nitrogens is 3. The van der Waals surface area contributed by atoms with E-state index in [4.69, 9.17) is 9.47 Å². The molecule has 5 rings (SSSR count). The lowest BCUT2D eigenvalue weighted by Gasteiger charge is -2.30. The molecule has 1 aromatic carbocycles. The van der Waals surface area contributed by atoms with Crippen molar-refractivity contribution < 1.29 is 19.4 Å². The van der Waals surface area contributed by atoms with Crippen molar-refractivity contribution in [1.29, 1.82) is 0 Å². The highest BCUT2D eigenvalue weighted by molar-refractivity contribution is 6.06. The van der Waals surface area contributed by atoms with E-state index in [0.717, 1.165) is 43.8 Å². The second-order valence-electron chi connectivity index (χ2n) is 9.24. The molecule has 196 valence electrons. The van der Waals surface area contributed by atoms with Crippen molar-refractivity contribution in [3.05, 3.63) is 30.1 Å². The molecule has 2 aromatic heterocycles. The van der Waals surface area contributed by atoms with Crippen molar-refractivity contribution in [2.24, 2.45) is 4.99 Å². The van der Waals surface area contributed by atoms with E-state index in [2.05, 4.69) is 30.2 Å². The molecule has 0 unspecified atom stereocenters. The first-order chi connectivity index (χ1) is 18.1. The maximum atomic E-state index is 12.6. The number of morpholine rings is 1. The van der Waals surface area contributed by atoms with Crippen molar-refractivity contribution in [3.8, 4) is 11.6 Å². The van der Waals surface area contributed by atoms with Gasteiger partial charge in [0.25, 0.3) is 0 Å². The average Bonchev–Trinajstić information content (AvgIpc) is 3.25. The zero-order valence-corrected chi connectivity index (χ0v) is 21.1. The maximum absolute atomic E-state index is 12.6. The van der Waals surface area contributed by atoms with Crippen LogP contribution >= 0.6 is 0 Å². The number of aromatic hydroxyl groups is 1. The van der Waals surface area contributed by atoms with Gasteiger partial charge in [0.1, 0.15) is 23.5 Å². The number of hydrogen-bond donors (Lipinski definition) is 3. The molecule has 0 atom stereocenters. The van der Waals surface area contributed by atoms with Crippen LogP contribution in [0.25, 0.3) is 11.0 Å². The lowest BCUT2D eigenvalue weighted by atomic mass is 10.2.